The minimum absolute atomic E-state index is 0.0446. The predicted octanol–water partition coefficient (Wildman–Crippen LogP) is 4.34. The average Bonchev–Trinajstić information content (AvgIpc) is 3.18. The summed E-state index contributed by atoms with van der Waals surface area (Å²) >= 11 is 0. The fraction of sp³-hybridized carbons (Fsp3) is 0.348. The summed E-state index contributed by atoms with van der Waals surface area (Å²) in [5.41, 5.74) is 2.66. The van der Waals surface area contributed by atoms with E-state index in [4.69, 9.17) is 9.72 Å². The van der Waals surface area contributed by atoms with Gasteiger partial charge in [-0.2, -0.15) is 0 Å². The van der Waals surface area contributed by atoms with Crippen molar-refractivity contribution in [3.05, 3.63) is 66.0 Å². The summed E-state index contributed by atoms with van der Waals surface area (Å²) in [5.74, 6) is 0.690. The number of hydrogen-bond donors (Lipinski definition) is 2. The number of alkyl carbamates (subject to hydrolysis) is 1. The van der Waals surface area contributed by atoms with Crippen molar-refractivity contribution in [2.24, 2.45) is 0 Å². The van der Waals surface area contributed by atoms with Crippen LogP contribution in [0.3, 0.4) is 0 Å². The highest BCUT2D eigenvalue weighted by atomic mass is 16.5. The van der Waals surface area contributed by atoms with E-state index in [2.05, 4.69) is 9.88 Å². The summed E-state index contributed by atoms with van der Waals surface area (Å²) in [7, 11) is 0. The number of hydrogen-bond acceptors (Lipinski definition) is 4. The fourth-order valence-corrected chi connectivity index (χ4v) is 4.10. The largest absolute Gasteiger partial charge is 0.465 e. The number of para-hydroxylation sites is 2. The van der Waals surface area contributed by atoms with Gasteiger partial charge >= 0.3 is 12.2 Å². The monoisotopic (exact) mass is 422 g/mol. The van der Waals surface area contributed by atoms with E-state index in [9.17, 15) is 14.7 Å². The maximum absolute atomic E-state index is 12.4. The van der Waals surface area contributed by atoms with Crippen LogP contribution in [0.1, 0.15) is 43.2 Å². The average molecular weight is 422 g/mol. The maximum atomic E-state index is 12.4. The zero-order valence-electron chi connectivity index (χ0n) is 17.4. The Bertz CT molecular complexity index is 1070. The van der Waals surface area contributed by atoms with Crippen LogP contribution in [0.5, 0.6) is 0 Å². The van der Waals surface area contributed by atoms with Crippen LogP contribution < -0.4 is 5.32 Å². The Morgan fingerprint density at radius 1 is 1.19 bits per heavy atom. The number of carboxylic acid groups (broad SMARTS) is 1. The first-order chi connectivity index (χ1) is 15.0. The van der Waals surface area contributed by atoms with Gasteiger partial charge in [-0.05, 0) is 37.5 Å². The molecule has 0 spiro atoms. The van der Waals surface area contributed by atoms with Gasteiger partial charge in [0.25, 0.3) is 0 Å². The van der Waals surface area contributed by atoms with Crippen LogP contribution in [0.4, 0.5) is 9.59 Å². The molecule has 2 amide bonds. The summed E-state index contributed by atoms with van der Waals surface area (Å²) in [4.78, 5) is 30.1. The number of amides is 2. The summed E-state index contributed by atoms with van der Waals surface area (Å²) in [6.45, 7) is 2.98. The van der Waals surface area contributed by atoms with Crippen molar-refractivity contribution in [2.75, 3.05) is 13.1 Å². The van der Waals surface area contributed by atoms with Crippen molar-refractivity contribution in [3.8, 4) is 0 Å². The molecule has 3 aromatic rings. The smallest absolute Gasteiger partial charge is 0.408 e. The number of ether oxygens (including phenoxy) is 1. The third-order valence-electron chi connectivity index (χ3n) is 5.59. The molecule has 8 heteroatoms. The zero-order valence-corrected chi connectivity index (χ0v) is 17.4. The molecule has 2 heterocycles. The highest BCUT2D eigenvalue weighted by molar-refractivity contribution is 5.76. The van der Waals surface area contributed by atoms with E-state index in [1.54, 1.807) is 0 Å². The first-order valence-electron chi connectivity index (χ1n) is 10.4. The summed E-state index contributed by atoms with van der Waals surface area (Å²) in [6, 6.07) is 16.8. The molecular weight excluding hydrogens is 396 g/mol. The summed E-state index contributed by atoms with van der Waals surface area (Å²) in [5, 5.41) is 12.3. The molecule has 1 aliphatic heterocycles. The first kappa shape index (κ1) is 20.7. The minimum atomic E-state index is -0.911. The van der Waals surface area contributed by atoms with E-state index >= 15 is 0 Å². The Morgan fingerprint density at radius 2 is 1.94 bits per heavy atom. The lowest BCUT2D eigenvalue weighted by Gasteiger charge is -2.33. The van der Waals surface area contributed by atoms with E-state index in [1.807, 2.05) is 61.5 Å². The number of carbonyl (C=O) groups excluding carboxylic acids is 1. The van der Waals surface area contributed by atoms with Gasteiger partial charge in [-0.3, -0.25) is 0 Å². The second-order valence-electron chi connectivity index (χ2n) is 7.78. The van der Waals surface area contributed by atoms with Crippen molar-refractivity contribution in [1.82, 2.24) is 19.8 Å². The number of rotatable bonds is 5. The highest BCUT2D eigenvalue weighted by Gasteiger charge is 2.29. The van der Waals surface area contributed by atoms with Crippen LogP contribution in [0.15, 0.2) is 54.6 Å². The van der Waals surface area contributed by atoms with Crippen LogP contribution in [0, 0.1) is 0 Å². The van der Waals surface area contributed by atoms with E-state index in [1.165, 1.54) is 4.90 Å². The molecule has 0 saturated carbocycles. The molecule has 1 aromatic heterocycles. The SMILES string of the molecule is C[C@H](NC(=O)OCc1ccccc1)c1nc2ccccc2n1[C@@H]1CCCN(C(=O)O)C1. The third kappa shape index (κ3) is 4.63. The number of benzene rings is 2. The van der Waals surface area contributed by atoms with Gasteiger partial charge in [0, 0.05) is 13.1 Å². The predicted molar refractivity (Wildman–Crippen MR) is 116 cm³/mol. The lowest BCUT2D eigenvalue weighted by molar-refractivity contribution is 0.121. The standard InChI is InChI=1S/C23H26N4O4/c1-16(24-22(28)31-15-17-8-3-2-4-9-17)21-25-19-11-5-6-12-20(19)27(21)18-10-7-13-26(14-18)23(29)30/h2-6,8-9,11-12,16,18H,7,10,13-15H2,1H3,(H,24,28)(H,29,30)/t16-,18+/m0/s1. The van der Waals surface area contributed by atoms with Crippen LogP contribution in [0.25, 0.3) is 11.0 Å². The molecule has 0 aliphatic carbocycles. The molecular formula is C23H26N4O4. The molecule has 2 N–H and O–H groups in total. The van der Waals surface area contributed by atoms with Gasteiger partial charge < -0.3 is 24.6 Å². The minimum Gasteiger partial charge on any atom is -0.465 e. The number of nitrogens with one attached hydrogen (secondary N) is 1. The van der Waals surface area contributed by atoms with Gasteiger partial charge in [0.05, 0.1) is 23.1 Å². The fourth-order valence-electron chi connectivity index (χ4n) is 4.10. The van der Waals surface area contributed by atoms with Crippen molar-refractivity contribution >= 4 is 23.2 Å². The van der Waals surface area contributed by atoms with E-state index in [0.29, 0.717) is 18.9 Å². The number of aromatic nitrogens is 2. The number of piperidine rings is 1. The van der Waals surface area contributed by atoms with E-state index in [-0.39, 0.29) is 12.6 Å². The molecule has 1 saturated heterocycles. The topological polar surface area (TPSA) is 96.7 Å². The molecule has 0 radical (unpaired) electrons. The third-order valence-corrected chi connectivity index (χ3v) is 5.59. The normalized spacial score (nSPS) is 17.3. The Balaban J connectivity index is 1.54. The van der Waals surface area contributed by atoms with Crippen LogP contribution in [-0.4, -0.2) is 44.8 Å². The number of likely N-dealkylation sites (tertiary alicyclic amines) is 1. The van der Waals surface area contributed by atoms with Crippen molar-refractivity contribution in [1.29, 1.82) is 0 Å². The number of imidazole rings is 1. The quantitative estimate of drug-likeness (QED) is 0.638. The van der Waals surface area contributed by atoms with Crippen molar-refractivity contribution in [2.45, 2.75) is 38.5 Å². The van der Waals surface area contributed by atoms with Crippen LogP contribution in [0.2, 0.25) is 0 Å². The van der Waals surface area contributed by atoms with E-state index < -0.39 is 18.2 Å². The molecule has 162 valence electrons. The number of fused-ring (bicyclic) bond motifs is 1. The second-order valence-corrected chi connectivity index (χ2v) is 7.78. The van der Waals surface area contributed by atoms with Gasteiger partial charge in [0.2, 0.25) is 0 Å². The molecule has 4 rings (SSSR count). The highest BCUT2D eigenvalue weighted by Crippen LogP contribution is 2.30. The van der Waals surface area contributed by atoms with Crippen molar-refractivity contribution < 1.29 is 19.4 Å². The molecule has 0 bridgehead atoms. The maximum Gasteiger partial charge on any atom is 0.408 e. The van der Waals surface area contributed by atoms with Crippen LogP contribution >= 0.6 is 0 Å². The van der Waals surface area contributed by atoms with Crippen molar-refractivity contribution in [3.63, 3.8) is 0 Å². The van der Waals surface area contributed by atoms with Gasteiger partial charge in [-0.25, -0.2) is 14.6 Å². The van der Waals surface area contributed by atoms with Gasteiger partial charge in [0.15, 0.2) is 0 Å². The molecule has 8 nitrogen and oxygen atoms in total. The molecule has 0 unspecified atom stereocenters. The molecule has 2 aromatic carbocycles. The zero-order chi connectivity index (χ0) is 21.8. The summed E-state index contributed by atoms with van der Waals surface area (Å²) < 4.78 is 7.43. The molecule has 1 fully saturated rings. The molecule has 2 atom stereocenters. The molecule has 1 aliphatic rings. The first-order valence-corrected chi connectivity index (χ1v) is 10.4. The Morgan fingerprint density at radius 3 is 2.71 bits per heavy atom. The van der Waals surface area contributed by atoms with Crippen LogP contribution in [-0.2, 0) is 11.3 Å². The number of nitrogens with zero attached hydrogens (tertiary/aromatic N) is 3. The second kappa shape index (κ2) is 9.07. The lowest BCUT2D eigenvalue weighted by atomic mass is 10.0. The molecule has 31 heavy (non-hydrogen) atoms. The Hall–Kier alpha value is -3.55. The summed E-state index contributed by atoms with van der Waals surface area (Å²) in [6.07, 6.45) is 0.198. The van der Waals surface area contributed by atoms with E-state index in [0.717, 1.165) is 29.4 Å². The Kier molecular flexibility index (Phi) is 6.06. The van der Waals surface area contributed by atoms with Gasteiger partial charge in [-0.1, -0.05) is 42.5 Å². The van der Waals surface area contributed by atoms with Gasteiger partial charge in [0.1, 0.15) is 12.4 Å². The number of carbonyl (C=O) groups is 2. The van der Waals surface area contributed by atoms with Gasteiger partial charge in [-0.15, -0.1) is 0 Å². The Labute approximate surface area is 180 Å². The lowest BCUT2D eigenvalue weighted by Crippen LogP contribution is -2.40.